The van der Waals surface area contributed by atoms with Crippen LogP contribution in [-0.2, 0) is 4.79 Å². The van der Waals surface area contributed by atoms with Gasteiger partial charge >= 0.3 is 0 Å². The lowest BCUT2D eigenvalue weighted by molar-refractivity contribution is -0.112. The summed E-state index contributed by atoms with van der Waals surface area (Å²) in [5.74, 6) is -0.160. The Kier molecular flexibility index (Phi) is 3.03. The summed E-state index contributed by atoms with van der Waals surface area (Å²) in [5.41, 5.74) is 5.02. The first-order valence-corrected chi connectivity index (χ1v) is 2.53. The maximum absolute atomic E-state index is 10.4. The third kappa shape index (κ3) is 1.84. The fourth-order valence-corrected chi connectivity index (χ4v) is 0.327. The quantitative estimate of drug-likeness (QED) is 0.505. The van der Waals surface area contributed by atoms with Crippen LogP contribution in [0.4, 0.5) is 0 Å². The maximum Gasteiger partial charge on any atom is 0.177 e. The molecule has 0 rings (SSSR count). The molecule has 0 bridgehead atoms. The number of carbonyl (C=O) groups excluding carboxylic acids is 1. The average molecular weight is 114 g/mol. The van der Waals surface area contributed by atoms with Gasteiger partial charge in [-0.15, -0.1) is 0 Å². The van der Waals surface area contributed by atoms with Gasteiger partial charge in [0.1, 0.15) is 0 Å². The highest BCUT2D eigenvalue weighted by molar-refractivity contribution is 6.39. The van der Waals surface area contributed by atoms with Crippen LogP contribution in [-0.4, -0.2) is 18.0 Å². The highest BCUT2D eigenvalue weighted by atomic mass is 16.1. The molecule has 8 heavy (non-hydrogen) atoms. The van der Waals surface area contributed by atoms with Gasteiger partial charge < -0.3 is 11.1 Å². The second-order valence-electron chi connectivity index (χ2n) is 1.46. The molecule has 0 radical (unpaired) electrons. The van der Waals surface area contributed by atoms with Crippen molar-refractivity contribution in [2.75, 3.05) is 6.54 Å². The van der Waals surface area contributed by atoms with E-state index in [4.69, 9.17) is 11.1 Å². The van der Waals surface area contributed by atoms with E-state index >= 15 is 0 Å². The third-order valence-corrected chi connectivity index (χ3v) is 0.862. The molecule has 0 saturated carbocycles. The summed E-state index contributed by atoms with van der Waals surface area (Å²) in [6.45, 7) is 1.78. The monoisotopic (exact) mass is 114 g/mol. The Labute approximate surface area is 48.4 Å². The van der Waals surface area contributed by atoms with E-state index in [9.17, 15) is 4.79 Å². The third-order valence-electron chi connectivity index (χ3n) is 0.862. The number of nitrogens with one attached hydrogen (secondary N) is 1. The molecular weight excluding hydrogens is 104 g/mol. The standard InChI is InChI=1S/C5H10N2O/c1-2-5(8)4(7)3-6/h7H,2-3,6H2,1H3. The summed E-state index contributed by atoms with van der Waals surface area (Å²) in [6, 6.07) is 0. The van der Waals surface area contributed by atoms with Crippen LogP contribution in [0.2, 0.25) is 0 Å². The van der Waals surface area contributed by atoms with Crippen LogP contribution in [0, 0.1) is 5.41 Å². The minimum Gasteiger partial charge on any atom is -0.325 e. The van der Waals surface area contributed by atoms with Crippen molar-refractivity contribution in [2.24, 2.45) is 5.73 Å². The van der Waals surface area contributed by atoms with E-state index in [2.05, 4.69) is 0 Å². The zero-order valence-electron chi connectivity index (χ0n) is 4.90. The first-order chi connectivity index (χ1) is 3.72. The van der Waals surface area contributed by atoms with E-state index in [0.29, 0.717) is 6.42 Å². The second-order valence-corrected chi connectivity index (χ2v) is 1.46. The van der Waals surface area contributed by atoms with E-state index < -0.39 is 0 Å². The smallest absolute Gasteiger partial charge is 0.177 e. The number of Topliss-reactive ketones (excluding diaryl/α,β-unsaturated/α-hetero) is 1. The van der Waals surface area contributed by atoms with Crippen LogP contribution in [0.5, 0.6) is 0 Å². The summed E-state index contributed by atoms with van der Waals surface area (Å²) in [5, 5.41) is 6.87. The van der Waals surface area contributed by atoms with Gasteiger partial charge in [0.2, 0.25) is 0 Å². The molecule has 0 amide bonds. The first-order valence-electron chi connectivity index (χ1n) is 2.53. The predicted molar refractivity (Wildman–Crippen MR) is 32.1 cm³/mol. The molecule has 0 aliphatic heterocycles. The molecular formula is C5H10N2O. The Morgan fingerprint density at radius 2 is 2.25 bits per heavy atom. The van der Waals surface area contributed by atoms with Crippen LogP contribution in [0.1, 0.15) is 13.3 Å². The van der Waals surface area contributed by atoms with Crippen LogP contribution < -0.4 is 5.73 Å². The Hall–Kier alpha value is -0.700. The van der Waals surface area contributed by atoms with Crippen LogP contribution in [0.3, 0.4) is 0 Å². The molecule has 0 atom stereocenters. The minimum atomic E-state index is -0.160. The zero-order chi connectivity index (χ0) is 6.57. The number of ketones is 1. The van der Waals surface area contributed by atoms with Gasteiger partial charge in [0.15, 0.2) is 5.78 Å². The normalized spacial score (nSPS) is 8.75. The zero-order valence-corrected chi connectivity index (χ0v) is 4.90. The Morgan fingerprint density at radius 1 is 1.75 bits per heavy atom. The lowest BCUT2D eigenvalue weighted by atomic mass is 10.2. The summed E-state index contributed by atoms with van der Waals surface area (Å²) < 4.78 is 0. The van der Waals surface area contributed by atoms with E-state index in [1.807, 2.05) is 0 Å². The molecule has 0 heterocycles. The molecule has 3 N–H and O–H groups in total. The van der Waals surface area contributed by atoms with Crippen molar-refractivity contribution >= 4 is 11.5 Å². The van der Waals surface area contributed by atoms with E-state index in [1.54, 1.807) is 6.92 Å². The highest BCUT2D eigenvalue weighted by Crippen LogP contribution is 1.80. The van der Waals surface area contributed by atoms with Gasteiger partial charge in [-0.1, -0.05) is 6.92 Å². The Morgan fingerprint density at radius 3 is 2.38 bits per heavy atom. The number of hydrogen-bond acceptors (Lipinski definition) is 3. The van der Waals surface area contributed by atoms with Gasteiger partial charge in [0.05, 0.1) is 5.71 Å². The van der Waals surface area contributed by atoms with Gasteiger partial charge in [-0.3, -0.25) is 4.79 Å². The molecule has 0 fully saturated rings. The molecule has 0 unspecified atom stereocenters. The Bertz CT molecular complexity index is 95.0. The topological polar surface area (TPSA) is 66.9 Å². The van der Waals surface area contributed by atoms with Crippen molar-refractivity contribution in [3.63, 3.8) is 0 Å². The van der Waals surface area contributed by atoms with Crippen molar-refractivity contribution in [3.8, 4) is 0 Å². The summed E-state index contributed by atoms with van der Waals surface area (Å²) in [6.07, 6.45) is 0.385. The van der Waals surface area contributed by atoms with Crippen LogP contribution in [0.25, 0.3) is 0 Å². The van der Waals surface area contributed by atoms with Crippen LogP contribution >= 0.6 is 0 Å². The molecule has 46 valence electrons. The van der Waals surface area contributed by atoms with Crippen molar-refractivity contribution in [3.05, 3.63) is 0 Å². The molecule has 0 aliphatic carbocycles. The van der Waals surface area contributed by atoms with Crippen molar-refractivity contribution in [1.29, 1.82) is 5.41 Å². The van der Waals surface area contributed by atoms with Crippen molar-refractivity contribution in [2.45, 2.75) is 13.3 Å². The van der Waals surface area contributed by atoms with Gasteiger partial charge in [-0.2, -0.15) is 0 Å². The van der Waals surface area contributed by atoms with Crippen molar-refractivity contribution in [1.82, 2.24) is 0 Å². The van der Waals surface area contributed by atoms with Crippen LogP contribution in [0.15, 0.2) is 0 Å². The molecule has 3 heteroatoms. The highest BCUT2D eigenvalue weighted by Gasteiger charge is 2.01. The van der Waals surface area contributed by atoms with Gasteiger partial charge in [-0.25, -0.2) is 0 Å². The molecule has 3 nitrogen and oxygen atoms in total. The average Bonchev–Trinajstić information content (AvgIpc) is 1.84. The molecule has 0 spiro atoms. The number of nitrogens with two attached hydrogens (primary N) is 1. The van der Waals surface area contributed by atoms with Gasteiger partial charge in [0.25, 0.3) is 0 Å². The predicted octanol–water partition coefficient (Wildman–Crippen LogP) is -0.0560. The number of carbonyl (C=O) groups is 1. The summed E-state index contributed by atoms with van der Waals surface area (Å²) in [4.78, 5) is 10.4. The first kappa shape index (κ1) is 7.30. The maximum atomic E-state index is 10.4. The number of hydrogen-bond donors (Lipinski definition) is 2. The fraction of sp³-hybridized carbons (Fsp3) is 0.600. The molecule has 0 saturated heterocycles. The molecule has 0 aromatic heterocycles. The second kappa shape index (κ2) is 3.32. The summed E-state index contributed by atoms with van der Waals surface area (Å²) >= 11 is 0. The molecule has 0 aliphatic rings. The van der Waals surface area contributed by atoms with E-state index in [0.717, 1.165) is 0 Å². The van der Waals surface area contributed by atoms with Gasteiger partial charge in [-0.05, 0) is 0 Å². The largest absolute Gasteiger partial charge is 0.325 e. The lowest BCUT2D eigenvalue weighted by Crippen LogP contribution is -2.21. The van der Waals surface area contributed by atoms with E-state index in [1.165, 1.54) is 0 Å². The SMILES string of the molecule is CCC(=O)C(=N)CN. The number of rotatable bonds is 3. The van der Waals surface area contributed by atoms with E-state index in [-0.39, 0.29) is 18.0 Å². The minimum absolute atomic E-state index is 0.0208. The molecule has 0 aromatic rings. The Balaban J connectivity index is 3.64. The fourth-order valence-electron chi connectivity index (χ4n) is 0.327. The lowest BCUT2D eigenvalue weighted by Gasteiger charge is -1.91. The summed E-state index contributed by atoms with van der Waals surface area (Å²) in [7, 11) is 0. The van der Waals surface area contributed by atoms with Gasteiger partial charge in [0, 0.05) is 13.0 Å². The molecule has 0 aromatic carbocycles. The van der Waals surface area contributed by atoms with Crippen molar-refractivity contribution < 1.29 is 4.79 Å².